The Morgan fingerprint density at radius 2 is 2.15 bits per heavy atom. The quantitative estimate of drug-likeness (QED) is 0.592. The van der Waals surface area contributed by atoms with Crippen LogP contribution >= 0.6 is 0 Å². The minimum absolute atomic E-state index is 0.166. The molecular weight excluding hydrogens is 254 g/mol. The monoisotopic (exact) mass is 285 g/mol. The van der Waals surface area contributed by atoms with Crippen molar-refractivity contribution in [2.75, 3.05) is 19.8 Å². The highest BCUT2D eigenvalue weighted by Gasteiger charge is 2.29. The molecule has 1 N–H and O–H groups in total. The fourth-order valence-electron chi connectivity index (χ4n) is 3.28. The van der Waals surface area contributed by atoms with Crippen LogP contribution in [0.15, 0.2) is 0 Å². The van der Waals surface area contributed by atoms with Gasteiger partial charge >= 0.3 is 5.97 Å². The van der Waals surface area contributed by atoms with E-state index in [1.54, 1.807) is 0 Å². The minimum atomic E-state index is -0.875. The first-order chi connectivity index (χ1) is 9.69. The van der Waals surface area contributed by atoms with Crippen LogP contribution in [-0.2, 0) is 9.53 Å². The molecule has 0 spiro atoms. The van der Waals surface area contributed by atoms with Crippen LogP contribution in [0.2, 0.25) is 0 Å². The van der Waals surface area contributed by atoms with Crippen molar-refractivity contribution in [1.29, 1.82) is 0 Å². The van der Waals surface area contributed by atoms with Gasteiger partial charge in [0.2, 0.25) is 0 Å². The van der Waals surface area contributed by atoms with Crippen molar-refractivity contribution in [3.05, 3.63) is 0 Å². The molecule has 4 nitrogen and oxygen atoms in total. The van der Waals surface area contributed by atoms with E-state index in [1.807, 2.05) is 0 Å². The summed E-state index contributed by atoms with van der Waals surface area (Å²) in [6.07, 6.45) is 9.89. The van der Waals surface area contributed by atoms with Crippen molar-refractivity contribution in [3.63, 3.8) is 0 Å². The molecule has 0 aliphatic carbocycles. The minimum Gasteiger partial charge on any atom is -0.480 e. The normalized spacial score (nSPS) is 21.2. The lowest BCUT2D eigenvalue weighted by Gasteiger charge is -2.33. The van der Waals surface area contributed by atoms with Crippen LogP contribution in [0.5, 0.6) is 0 Å². The molecule has 0 aromatic heterocycles. The summed E-state index contributed by atoms with van der Waals surface area (Å²) in [5, 5.41) is 8.58. The molecule has 0 amide bonds. The maximum atomic E-state index is 10.4. The molecule has 0 radical (unpaired) electrons. The standard InChI is InChI=1S/C16H31NO3/c1-3-5-8-14(7-4-2)17-11-6-9-15(17)10-12-20-13-16(18)19/h14-15H,3-13H2,1-2H3,(H,18,19)/t14?,15-/m0/s1. The molecule has 2 atom stereocenters. The summed E-state index contributed by atoms with van der Waals surface area (Å²) in [6, 6.07) is 1.31. The molecule has 1 aliphatic rings. The van der Waals surface area contributed by atoms with Crippen molar-refractivity contribution < 1.29 is 14.6 Å². The van der Waals surface area contributed by atoms with Crippen LogP contribution in [0.3, 0.4) is 0 Å². The van der Waals surface area contributed by atoms with Gasteiger partial charge in [-0.25, -0.2) is 4.79 Å². The maximum absolute atomic E-state index is 10.4. The van der Waals surface area contributed by atoms with Crippen LogP contribution in [0, 0.1) is 0 Å². The molecule has 0 aromatic rings. The van der Waals surface area contributed by atoms with Gasteiger partial charge in [-0.2, -0.15) is 0 Å². The van der Waals surface area contributed by atoms with Gasteiger partial charge in [0, 0.05) is 18.7 Å². The van der Waals surface area contributed by atoms with Gasteiger partial charge in [0.1, 0.15) is 6.61 Å². The first-order valence-electron chi connectivity index (χ1n) is 8.24. The molecular formula is C16H31NO3. The summed E-state index contributed by atoms with van der Waals surface area (Å²) in [5.41, 5.74) is 0. The second kappa shape index (κ2) is 10.2. The largest absolute Gasteiger partial charge is 0.480 e. The second-order valence-electron chi connectivity index (χ2n) is 5.85. The molecule has 0 saturated carbocycles. The molecule has 4 heteroatoms. The van der Waals surface area contributed by atoms with Gasteiger partial charge in [0.15, 0.2) is 0 Å². The lowest BCUT2D eigenvalue weighted by atomic mass is 10.0. The zero-order chi connectivity index (χ0) is 14.8. The number of unbranched alkanes of at least 4 members (excludes halogenated alkanes) is 1. The first kappa shape index (κ1) is 17.4. The van der Waals surface area contributed by atoms with E-state index < -0.39 is 5.97 Å². The van der Waals surface area contributed by atoms with Gasteiger partial charge in [-0.05, 0) is 38.6 Å². The van der Waals surface area contributed by atoms with Gasteiger partial charge in [-0.15, -0.1) is 0 Å². The third-order valence-electron chi connectivity index (χ3n) is 4.23. The van der Waals surface area contributed by atoms with E-state index >= 15 is 0 Å². The summed E-state index contributed by atoms with van der Waals surface area (Å²) in [6.45, 7) is 6.13. The number of nitrogens with zero attached hydrogens (tertiary/aromatic N) is 1. The molecule has 1 saturated heterocycles. The van der Waals surface area contributed by atoms with Crippen molar-refractivity contribution in [1.82, 2.24) is 4.90 Å². The first-order valence-corrected chi connectivity index (χ1v) is 8.24. The van der Waals surface area contributed by atoms with Crippen LogP contribution in [0.4, 0.5) is 0 Å². The molecule has 0 bridgehead atoms. The molecule has 1 unspecified atom stereocenters. The number of carboxylic acids is 1. The van der Waals surface area contributed by atoms with E-state index in [2.05, 4.69) is 18.7 Å². The van der Waals surface area contributed by atoms with Crippen molar-refractivity contribution in [3.8, 4) is 0 Å². The number of rotatable bonds is 11. The summed E-state index contributed by atoms with van der Waals surface area (Å²) < 4.78 is 5.20. The average molecular weight is 285 g/mol. The van der Waals surface area contributed by atoms with E-state index in [4.69, 9.17) is 9.84 Å². The molecule has 20 heavy (non-hydrogen) atoms. The average Bonchev–Trinajstić information content (AvgIpc) is 2.87. The number of carboxylic acid groups (broad SMARTS) is 1. The Hall–Kier alpha value is -0.610. The topological polar surface area (TPSA) is 49.8 Å². The zero-order valence-electron chi connectivity index (χ0n) is 13.1. The number of ether oxygens (including phenoxy) is 1. The fraction of sp³-hybridized carbons (Fsp3) is 0.938. The number of aliphatic carboxylic acids is 1. The fourth-order valence-corrected chi connectivity index (χ4v) is 3.28. The van der Waals surface area contributed by atoms with Crippen LogP contribution in [-0.4, -0.2) is 47.8 Å². The van der Waals surface area contributed by atoms with E-state index in [1.165, 1.54) is 51.5 Å². The van der Waals surface area contributed by atoms with Crippen LogP contribution in [0.1, 0.15) is 65.2 Å². The Labute approximate surface area is 123 Å². The van der Waals surface area contributed by atoms with Crippen LogP contribution in [0.25, 0.3) is 0 Å². The van der Waals surface area contributed by atoms with E-state index in [0.29, 0.717) is 18.7 Å². The molecule has 0 aromatic carbocycles. The summed E-state index contributed by atoms with van der Waals surface area (Å²) in [5.74, 6) is -0.875. The summed E-state index contributed by atoms with van der Waals surface area (Å²) >= 11 is 0. The van der Waals surface area contributed by atoms with Gasteiger partial charge in [0.25, 0.3) is 0 Å². The van der Waals surface area contributed by atoms with Crippen molar-refractivity contribution in [2.45, 2.75) is 77.3 Å². The Morgan fingerprint density at radius 3 is 2.80 bits per heavy atom. The molecule has 118 valence electrons. The summed E-state index contributed by atoms with van der Waals surface area (Å²) in [7, 11) is 0. The van der Waals surface area contributed by atoms with Gasteiger partial charge in [-0.3, -0.25) is 4.90 Å². The smallest absolute Gasteiger partial charge is 0.329 e. The molecule has 1 rings (SSSR count). The SMILES string of the molecule is CCCCC(CCC)N1CCC[C@H]1CCOCC(=O)O. The lowest BCUT2D eigenvalue weighted by Crippen LogP contribution is -2.39. The predicted molar refractivity (Wildman–Crippen MR) is 81.0 cm³/mol. The highest BCUT2D eigenvalue weighted by Crippen LogP contribution is 2.27. The zero-order valence-corrected chi connectivity index (χ0v) is 13.1. The van der Waals surface area contributed by atoms with Gasteiger partial charge in [-0.1, -0.05) is 33.1 Å². The Kier molecular flexibility index (Phi) is 8.86. The summed E-state index contributed by atoms with van der Waals surface area (Å²) in [4.78, 5) is 13.1. The number of hydrogen-bond donors (Lipinski definition) is 1. The Bertz CT molecular complexity index is 270. The van der Waals surface area contributed by atoms with Gasteiger partial charge < -0.3 is 9.84 Å². The number of likely N-dealkylation sites (tertiary alicyclic amines) is 1. The number of carbonyl (C=O) groups is 1. The third kappa shape index (κ3) is 6.23. The van der Waals surface area contributed by atoms with Gasteiger partial charge in [0.05, 0.1) is 0 Å². The predicted octanol–water partition coefficient (Wildman–Crippen LogP) is 3.30. The number of hydrogen-bond acceptors (Lipinski definition) is 3. The highest BCUT2D eigenvalue weighted by molar-refractivity contribution is 5.67. The van der Waals surface area contributed by atoms with Crippen LogP contribution < -0.4 is 0 Å². The lowest BCUT2D eigenvalue weighted by molar-refractivity contribution is -0.142. The van der Waals surface area contributed by atoms with E-state index in [-0.39, 0.29) is 6.61 Å². The van der Waals surface area contributed by atoms with Crippen molar-refractivity contribution >= 4 is 5.97 Å². The van der Waals surface area contributed by atoms with E-state index in [9.17, 15) is 4.79 Å². The highest BCUT2D eigenvalue weighted by atomic mass is 16.5. The Morgan fingerprint density at radius 1 is 1.35 bits per heavy atom. The molecule has 1 fully saturated rings. The third-order valence-corrected chi connectivity index (χ3v) is 4.23. The maximum Gasteiger partial charge on any atom is 0.329 e. The molecule has 1 aliphatic heterocycles. The second-order valence-corrected chi connectivity index (χ2v) is 5.85. The van der Waals surface area contributed by atoms with E-state index in [0.717, 1.165) is 6.42 Å². The Balaban J connectivity index is 2.38. The van der Waals surface area contributed by atoms with Crippen molar-refractivity contribution in [2.24, 2.45) is 0 Å². The molecule has 1 heterocycles.